The summed E-state index contributed by atoms with van der Waals surface area (Å²) in [6.45, 7) is 6.42. The van der Waals surface area contributed by atoms with Crippen LogP contribution in [0.15, 0.2) is 6.08 Å². The molecule has 0 spiro atoms. The van der Waals surface area contributed by atoms with Crippen LogP contribution < -0.4 is 5.73 Å². The molecular weight excluding hydrogens is 196 g/mol. The largest absolute Gasteiger partial charge is 0.348 e. The van der Waals surface area contributed by atoms with Crippen LogP contribution >= 0.6 is 0 Å². The van der Waals surface area contributed by atoms with E-state index in [0.29, 0.717) is 0 Å². The van der Waals surface area contributed by atoms with Crippen molar-refractivity contribution in [1.29, 1.82) is 0 Å². The van der Waals surface area contributed by atoms with Crippen LogP contribution in [0.3, 0.4) is 0 Å². The SMILES string of the molecule is Cc1c2c(c(C)n1CCCCN)CCC=C2. The molecule has 0 radical (unpaired) electrons. The summed E-state index contributed by atoms with van der Waals surface area (Å²) in [4.78, 5) is 0. The molecule has 1 aromatic heterocycles. The van der Waals surface area contributed by atoms with Gasteiger partial charge < -0.3 is 10.3 Å². The predicted octanol–water partition coefficient (Wildman–Crippen LogP) is 2.80. The van der Waals surface area contributed by atoms with E-state index in [1.807, 2.05) is 0 Å². The summed E-state index contributed by atoms with van der Waals surface area (Å²) in [7, 11) is 0. The van der Waals surface area contributed by atoms with Gasteiger partial charge in [0.2, 0.25) is 0 Å². The average molecular weight is 218 g/mol. The van der Waals surface area contributed by atoms with E-state index < -0.39 is 0 Å². The molecule has 0 saturated heterocycles. The Balaban J connectivity index is 2.25. The Bertz CT molecular complexity index is 399. The quantitative estimate of drug-likeness (QED) is 0.774. The summed E-state index contributed by atoms with van der Waals surface area (Å²) in [6, 6.07) is 0. The van der Waals surface area contributed by atoms with Gasteiger partial charge in [0.1, 0.15) is 0 Å². The Morgan fingerprint density at radius 1 is 1.25 bits per heavy atom. The molecule has 0 atom stereocenters. The molecule has 0 aromatic carbocycles. The molecule has 0 aliphatic heterocycles. The minimum Gasteiger partial charge on any atom is -0.348 e. The van der Waals surface area contributed by atoms with Crippen molar-refractivity contribution in [2.75, 3.05) is 6.54 Å². The maximum absolute atomic E-state index is 5.55. The Morgan fingerprint density at radius 2 is 2.06 bits per heavy atom. The molecule has 16 heavy (non-hydrogen) atoms. The normalized spacial score (nSPS) is 14.2. The van der Waals surface area contributed by atoms with Crippen molar-refractivity contribution in [2.24, 2.45) is 5.73 Å². The number of nitrogens with zero attached hydrogens (tertiary/aromatic N) is 1. The highest BCUT2D eigenvalue weighted by molar-refractivity contribution is 5.61. The molecule has 2 rings (SSSR count). The van der Waals surface area contributed by atoms with E-state index in [1.165, 1.54) is 36.2 Å². The fraction of sp³-hybridized carbons (Fsp3) is 0.571. The number of allylic oxidation sites excluding steroid dienone is 1. The smallest absolute Gasteiger partial charge is 0.0225 e. The molecule has 2 nitrogen and oxygen atoms in total. The van der Waals surface area contributed by atoms with E-state index in [1.54, 1.807) is 5.56 Å². The van der Waals surface area contributed by atoms with Gasteiger partial charge in [0.05, 0.1) is 0 Å². The Kier molecular flexibility index (Phi) is 3.49. The predicted molar refractivity (Wildman–Crippen MR) is 69.5 cm³/mol. The first kappa shape index (κ1) is 11.5. The highest BCUT2D eigenvalue weighted by Crippen LogP contribution is 2.28. The molecule has 0 unspecified atom stereocenters. The second-order valence-corrected chi connectivity index (χ2v) is 4.65. The maximum atomic E-state index is 5.55. The van der Waals surface area contributed by atoms with E-state index in [-0.39, 0.29) is 0 Å². The highest BCUT2D eigenvalue weighted by atomic mass is 15.0. The Morgan fingerprint density at radius 3 is 2.75 bits per heavy atom. The summed E-state index contributed by atoms with van der Waals surface area (Å²) in [6.07, 6.45) is 9.30. The Labute approximate surface area is 98.1 Å². The van der Waals surface area contributed by atoms with Gasteiger partial charge in [-0.25, -0.2) is 0 Å². The van der Waals surface area contributed by atoms with E-state index in [2.05, 4.69) is 30.6 Å². The van der Waals surface area contributed by atoms with Crippen molar-refractivity contribution in [3.05, 3.63) is 28.6 Å². The third-order valence-corrected chi connectivity index (χ3v) is 3.64. The summed E-state index contributed by atoms with van der Waals surface area (Å²) >= 11 is 0. The van der Waals surface area contributed by atoms with Gasteiger partial charge in [-0.2, -0.15) is 0 Å². The van der Waals surface area contributed by atoms with Crippen molar-refractivity contribution in [2.45, 2.75) is 46.1 Å². The maximum Gasteiger partial charge on any atom is 0.0225 e. The van der Waals surface area contributed by atoms with Gasteiger partial charge in [-0.15, -0.1) is 0 Å². The van der Waals surface area contributed by atoms with E-state index >= 15 is 0 Å². The third-order valence-electron chi connectivity index (χ3n) is 3.64. The minimum atomic E-state index is 0.805. The van der Waals surface area contributed by atoms with Crippen molar-refractivity contribution < 1.29 is 0 Å². The molecule has 1 aliphatic carbocycles. The van der Waals surface area contributed by atoms with Crippen LogP contribution in [-0.2, 0) is 13.0 Å². The fourth-order valence-electron chi connectivity index (χ4n) is 2.69. The van der Waals surface area contributed by atoms with E-state index in [4.69, 9.17) is 5.73 Å². The number of fused-ring (bicyclic) bond motifs is 1. The van der Waals surface area contributed by atoms with Gasteiger partial charge >= 0.3 is 0 Å². The number of aromatic nitrogens is 1. The number of hydrogen-bond acceptors (Lipinski definition) is 1. The van der Waals surface area contributed by atoms with Crippen LogP contribution in [0.4, 0.5) is 0 Å². The first-order valence-electron chi connectivity index (χ1n) is 6.31. The van der Waals surface area contributed by atoms with Crippen molar-refractivity contribution in [1.82, 2.24) is 4.57 Å². The van der Waals surface area contributed by atoms with Crippen molar-refractivity contribution in [3.8, 4) is 0 Å². The molecule has 2 heteroatoms. The second kappa shape index (κ2) is 4.88. The Hall–Kier alpha value is -1.02. The molecule has 0 amide bonds. The molecule has 1 aromatic rings. The van der Waals surface area contributed by atoms with Gasteiger partial charge in [-0.3, -0.25) is 0 Å². The summed E-state index contributed by atoms with van der Waals surface area (Å²) < 4.78 is 2.47. The summed E-state index contributed by atoms with van der Waals surface area (Å²) in [5.41, 5.74) is 11.5. The third kappa shape index (κ3) is 1.94. The lowest BCUT2D eigenvalue weighted by atomic mass is 9.99. The molecule has 0 fully saturated rings. The second-order valence-electron chi connectivity index (χ2n) is 4.65. The summed E-state index contributed by atoms with van der Waals surface area (Å²) in [5, 5.41) is 0. The lowest BCUT2D eigenvalue weighted by molar-refractivity contribution is 0.594. The zero-order valence-corrected chi connectivity index (χ0v) is 10.4. The topological polar surface area (TPSA) is 30.9 Å². The highest BCUT2D eigenvalue weighted by Gasteiger charge is 2.16. The van der Waals surface area contributed by atoms with Gasteiger partial charge in [-0.1, -0.05) is 12.2 Å². The molecule has 88 valence electrons. The number of hydrogen-bond donors (Lipinski definition) is 1. The molecule has 0 bridgehead atoms. The van der Waals surface area contributed by atoms with Gasteiger partial charge in [0, 0.05) is 17.9 Å². The standard InChI is InChI=1S/C14H22N2/c1-11-13-7-3-4-8-14(13)12(2)16(11)10-6-5-9-15/h3,7H,4-6,8-10,15H2,1-2H3. The number of unbranched alkanes of at least 4 members (excludes halogenated alkanes) is 1. The molecule has 0 saturated carbocycles. The zero-order chi connectivity index (χ0) is 11.5. The van der Waals surface area contributed by atoms with Gasteiger partial charge in [-0.05, 0) is 57.2 Å². The lowest BCUT2D eigenvalue weighted by Crippen LogP contribution is -2.06. The molecule has 2 N–H and O–H groups in total. The minimum absolute atomic E-state index is 0.805. The fourth-order valence-corrected chi connectivity index (χ4v) is 2.69. The van der Waals surface area contributed by atoms with Crippen molar-refractivity contribution >= 4 is 6.08 Å². The van der Waals surface area contributed by atoms with E-state index in [9.17, 15) is 0 Å². The first-order chi connectivity index (χ1) is 7.75. The van der Waals surface area contributed by atoms with Crippen molar-refractivity contribution in [3.63, 3.8) is 0 Å². The van der Waals surface area contributed by atoms with Gasteiger partial charge in [0.25, 0.3) is 0 Å². The van der Waals surface area contributed by atoms with Crippen LogP contribution in [0.5, 0.6) is 0 Å². The van der Waals surface area contributed by atoms with Crippen LogP contribution in [0.1, 0.15) is 41.8 Å². The average Bonchev–Trinajstić information content (AvgIpc) is 2.55. The van der Waals surface area contributed by atoms with Crippen LogP contribution in [0.25, 0.3) is 6.08 Å². The zero-order valence-electron chi connectivity index (χ0n) is 10.4. The van der Waals surface area contributed by atoms with Gasteiger partial charge in [0.15, 0.2) is 0 Å². The number of rotatable bonds is 4. The lowest BCUT2D eigenvalue weighted by Gasteiger charge is -2.09. The van der Waals surface area contributed by atoms with E-state index in [0.717, 1.165) is 19.5 Å². The molecular formula is C14H22N2. The molecule has 1 aliphatic rings. The van der Waals surface area contributed by atoms with Crippen LogP contribution in [-0.4, -0.2) is 11.1 Å². The summed E-state index contributed by atoms with van der Waals surface area (Å²) in [5.74, 6) is 0. The van der Waals surface area contributed by atoms with Crippen LogP contribution in [0, 0.1) is 13.8 Å². The molecule has 1 heterocycles. The first-order valence-corrected chi connectivity index (χ1v) is 6.31. The number of nitrogens with two attached hydrogens (primary N) is 1. The monoisotopic (exact) mass is 218 g/mol. The van der Waals surface area contributed by atoms with Crippen LogP contribution in [0.2, 0.25) is 0 Å².